The highest BCUT2D eigenvalue weighted by molar-refractivity contribution is 5.87. The van der Waals surface area contributed by atoms with Gasteiger partial charge in [0.05, 0.1) is 26.2 Å². The van der Waals surface area contributed by atoms with Crippen LogP contribution in [0, 0.1) is 5.92 Å². The van der Waals surface area contributed by atoms with Crippen LogP contribution in [-0.4, -0.2) is 86.6 Å². The van der Waals surface area contributed by atoms with E-state index in [2.05, 4.69) is 4.90 Å². The summed E-state index contributed by atoms with van der Waals surface area (Å²) in [7, 11) is 3.33. The van der Waals surface area contributed by atoms with Crippen LogP contribution in [0.4, 0.5) is 0 Å². The second-order valence-electron chi connectivity index (χ2n) is 7.20. The highest BCUT2D eigenvalue weighted by Crippen LogP contribution is 2.20. The molecular formula is C20H29N3O4. The fraction of sp³-hybridized carbons (Fsp3) is 0.600. The Bertz CT molecular complexity index is 649. The molecule has 0 spiro atoms. The van der Waals surface area contributed by atoms with Crippen LogP contribution in [-0.2, 0) is 20.9 Å². The summed E-state index contributed by atoms with van der Waals surface area (Å²) in [6.07, 6.45) is 0.864. The molecule has 3 rings (SSSR count). The van der Waals surface area contributed by atoms with Gasteiger partial charge in [0.15, 0.2) is 0 Å². The predicted octanol–water partition coefficient (Wildman–Crippen LogP) is 0.834. The Kier molecular flexibility index (Phi) is 6.68. The predicted molar refractivity (Wildman–Crippen MR) is 101 cm³/mol. The second kappa shape index (κ2) is 9.19. The summed E-state index contributed by atoms with van der Waals surface area (Å²) >= 11 is 0. The van der Waals surface area contributed by atoms with Gasteiger partial charge in [-0.3, -0.25) is 9.59 Å². The third-order valence-corrected chi connectivity index (χ3v) is 5.40. The first kappa shape index (κ1) is 19.6. The van der Waals surface area contributed by atoms with Crippen LogP contribution in [0.15, 0.2) is 24.3 Å². The first-order valence-electron chi connectivity index (χ1n) is 9.51. The molecule has 2 fully saturated rings. The summed E-state index contributed by atoms with van der Waals surface area (Å²) in [5.74, 6) is 0.936. The molecule has 0 bridgehead atoms. The van der Waals surface area contributed by atoms with Crippen LogP contribution >= 0.6 is 0 Å². The zero-order valence-corrected chi connectivity index (χ0v) is 16.2. The number of hydrogen-bond acceptors (Lipinski definition) is 5. The van der Waals surface area contributed by atoms with E-state index < -0.39 is 0 Å². The number of rotatable bonds is 7. The van der Waals surface area contributed by atoms with E-state index in [4.69, 9.17) is 9.47 Å². The Morgan fingerprint density at radius 2 is 1.93 bits per heavy atom. The lowest BCUT2D eigenvalue weighted by atomic mass is 10.1. The lowest BCUT2D eigenvalue weighted by Crippen LogP contribution is -2.53. The molecule has 7 nitrogen and oxygen atoms in total. The molecule has 27 heavy (non-hydrogen) atoms. The average molecular weight is 375 g/mol. The number of amides is 2. The number of carbonyl (C=O) groups is 2. The van der Waals surface area contributed by atoms with E-state index in [1.807, 2.05) is 29.2 Å². The third kappa shape index (κ3) is 4.99. The van der Waals surface area contributed by atoms with Crippen molar-refractivity contribution in [3.8, 4) is 5.75 Å². The van der Waals surface area contributed by atoms with Crippen LogP contribution < -0.4 is 4.74 Å². The molecule has 1 atom stereocenters. The van der Waals surface area contributed by atoms with Gasteiger partial charge >= 0.3 is 0 Å². The van der Waals surface area contributed by atoms with Crippen molar-refractivity contribution in [2.24, 2.45) is 5.92 Å². The number of piperazine rings is 1. The molecule has 2 amide bonds. The molecule has 0 radical (unpaired) electrons. The molecule has 0 aliphatic carbocycles. The molecule has 0 saturated carbocycles. The lowest BCUT2D eigenvalue weighted by Gasteiger charge is -2.35. The Morgan fingerprint density at radius 1 is 1.15 bits per heavy atom. The number of benzene rings is 1. The number of ether oxygens (including phenoxy) is 2. The standard InChI is InChI=1S/C20H29N3O4/c1-26-12-11-21-8-7-17(14-21)20(25)23-10-9-22(19(24)15-23)13-16-3-5-18(27-2)6-4-16/h3-6,17H,7-15H2,1-2H3. The summed E-state index contributed by atoms with van der Waals surface area (Å²) in [4.78, 5) is 31.1. The van der Waals surface area contributed by atoms with Crippen molar-refractivity contribution in [2.75, 3.05) is 60.1 Å². The summed E-state index contributed by atoms with van der Waals surface area (Å²) in [5, 5.41) is 0. The Balaban J connectivity index is 1.49. The van der Waals surface area contributed by atoms with Crippen molar-refractivity contribution in [2.45, 2.75) is 13.0 Å². The van der Waals surface area contributed by atoms with Gasteiger partial charge in [-0.25, -0.2) is 0 Å². The quantitative estimate of drug-likeness (QED) is 0.707. The van der Waals surface area contributed by atoms with E-state index in [1.165, 1.54) is 0 Å². The van der Waals surface area contributed by atoms with Crippen LogP contribution in [0.3, 0.4) is 0 Å². The second-order valence-corrected chi connectivity index (χ2v) is 7.20. The molecule has 0 N–H and O–H groups in total. The number of methoxy groups -OCH3 is 2. The fourth-order valence-electron chi connectivity index (χ4n) is 3.73. The van der Waals surface area contributed by atoms with Crippen molar-refractivity contribution in [3.05, 3.63) is 29.8 Å². The fourth-order valence-corrected chi connectivity index (χ4v) is 3.73. The summed E-state index contributed by atoms with van der Waals surface area (Å²) in [6.45, 7) is 5.17. The Labute approximate surface area is 160 Å². The Hall–Kier alpha value is -2.12. The Morgan fingerprint density at radius 3 is 2.59 bits per heavy atom. The summed E-state index contributed by atoms with van der Waals surface area (Å²) < 4.78 is 10.3. The highest BCUT2D eigenvalue weighted by Gasteiger charge is 2.34. The lowest BCUT2D eigenvalue weighted by molar-refractivity contribution is -0.147. The van der Waals surface area contributed by atoms with E-state index >= 15 is 0 Å². The van der Waals surface area contributed by atoms with Crippen LogP contribution in [0.25, 0.3) is 0 Å². The van der Waals surface area contributed by atoms with Gasteiger partial charge in [-0.05, 0) is 30.7 Å². The number of hydrogen-bond donors (Lipinski definition) is 0. The van der Waals surface area contributed by atoms with E-state index in [0.717, 1.165) is 37.4 Å². The maximum atomic E-state index is 12.8. The molecule has 1 unspecified atom stereocenters. The van der Waals surface area contributed by atoms with E-state index in [9.17, 15) is 9.59 Å². The summed E-state index contributed by atoms with van der Waals surface area (Å²) in [6, 6.07) is 7.73. The van der Waals surface area contributed by atoms with Gasteiger partial charge in [0, 0.05) is 39.8 Å². The molecule has 1 aromatic rings. The molecule has 2 aliphatic rings. The SMILES string of the molecule is COCCN1CCC(C(=O)N2CCN(Cc3ccc(OC)cc3)C(=O)C2)C1. The van der Waals surface area contributed by atoms with Gasteiger partial charge in [0.25, 0.3) is 0 Å². The molecular weight excluding hydrogens is 346 g/mol. The van der Waals surface area contributed by atoms with Crippen LogP contribution in [0.2, 0.25) is 0 Å². The minimum atomic E-state index is 0.00259. The molecule has 2 heterocycles. The van der Waals surface area contributed by atoms with Gasteiger partial charge < -0.3 is 24.2 Å². The van der Waals surface area contributed by atoms with Crippen molar-refractivity contribution >= 4 is 11.8 Å². The van der Waals surface area contributed by atoms with Gasteiger partial charge in [0.2, 0.25) is 11.8 Å². The normalized spacial score (nSPS) is 21.0. The molecule has 7 heteroatoms. The van der Waals surface area contributed by atoms with Crippen LogP contribution in [0.5, 0.6) is 5.75 Å². The largest absolute Gasteiger partial charge is 0.497 e. The van der Waals surface area contributed by atoms with Crippen molar-refractivity contribution in [1.82, 2.24) is 14.7 Å². The molecule has 0 aromatic heterocycles. The third-order valence-electron chi connectivity index (χ3n) is 5.40. The van der Waals surface area contributed by atoms with Crippen LogP contribution in [0.1, 0.15) is 12.0 Å². The number of nitrogens with zero attached hydrogens (tertiary/aromatic N) is 3. The maximum Gasteiger partial charge on any atom is 0.242 e. The maximum absolute atomic E-state index is 12.8. The zero-order chi connectivity index (χ0) is 19.2. The van der Waals surface area contributed by atoms with Gasteiger partial charge in [-0.1, -0.05) is 12.1 Å². The molecule has 1 aromatic carbocycles. The molecule has 2 aliphatic heterocycles. The number of carbonyl (C=O) groups excluding carboxylic acids is 2. The number of likely N-dealkylation sites (tertiary alicyclic amines) is 1. The minimum absolute atomic E-state index is 0.00259. The monoisotopic (exact) mass is 375 g/mol. The highest BCUT2D eigenvalue weighted by atomic mass is 16.5. The first-order valence-corrected chi connectivity index (χ1v) is 9.51. The van der Waals surface area contributed by atoms with E-state index in [0.29, 0.717) is 26.2 Å². The van der Waals surface area contributed by atoms with E-state index in [1.54, 1.807) is 19.1 Å². The zero-order valence-electron chi connectivity index (χ0n) is 16.2. The van der Waals surface area contributed by atoms with Gasteiger partial charge in [0.1, 0.15) is 5.75 Å². The smallest absolute Gasteiger partial charge is 0.242 e. The first-order chi connectivity index (χ1) is 13.1. The topological polar surface area (TPSA) is 62.3 Å². The summed E-state index contributed by atoms with van der Waals surface area (Å²) in [5.41, 5.74) is 1.06. The van der Waals surface area contributed by atoms with E-state index in [-0.39, 0.29) is 24.3 Å². The molecule has 2 saturated heterocycles. The molecule has 148 valence electrons. The minimum Gasteiger partial charge on any atom is -0.497 e. The average Bonchev–Trinajstić information content (AvgIpc) is 3.17. The van der Waals surface area contributed by atoms with Crippen molar-refractivity contribution in [1.29, 1.82) is 0 Å². The van der Waals surface area contributed by atoms with Gasteiger partial charge in [-0.2, -0.15) is 0 Å². The van der Waals surface area contributed by atoms with Crippen molar-refractivity contribution in [3.63, 3.8) is 0 Å². The van der Waals surface area contributed by atoms with Crippen molar-refractivity contribution < 1.29 is 19.1 Å². The van der Waals surface area contributed by atoms with Gasteiger partial charge in [-0.15, -0.1) is 0 Å².